The number of carbonyl (C=O) groups is 1. The molecule has 3 fully saturated rings. The van der Waals surface area contributed by atoms with Crippen LogP contribution in [-0.2, 0) is 14.8 Å². The van der Waals surface area contributed by atoms with Crippen molar-refractivity contribution in [2.45, 2.75) is 75.4 Å². The van der Waals surface area contributed by atoms with Crippen LogP contribution in [0.1, 0.15) is 46.5 Å². The first-order valence-corrected chi connectivity index (χ1v) is 9.92. The Kier molecular flexibility index (Phi) is 4.13. The summed E-state index contributed by atoms with van der Waals surface area (Å²) in [6.45, 7) is 6.92. The lowest BCUT2D eigenvalue weighted by Crippen LogP contribution is -2.65. The molecule has 0 aliphatic carbocycles. The van der Waals surface area contributed by atoms with Gasteiger partial charge in [-0.3, -0.25) is 4.90 Å². The minimum atomic E-state index is -3.45. The second kappa shape index (κ2) is 5.60. The minimum Gasteiger partial charge on any atom is -0.444 e. The lowest BCUT2D eigenvalue weighted by molar-refractivity contribution is -0.0339. The molecule has 2 bridgehead atoms. The summed E-state index contributed by atoms with van der Waals surface area (Å²) in [7, 11) is -3.45. The number of hydrogen-bond donors (Lipinski definition) is 1. The molecule has 3 heterocycles. The van der Waals surface area contributed by atoms with Gasteiger partial charge >= 0.3 is 6.09 Å². The van der Waals surface area contributed by atoms with Crippen LogP contribution in [0.4, 0.5) is 4.79 Å². The third-order valence-corrected chi connectivity index (χ3v) is 6.46. The number of nitrogens with zero attached hydrogens (tertiary/aromatic N) is 2. The van der Waals surface area contributed by atoms with Crippen molar-refractivity contribution >= 4 is 16.1 Å². The van der Waals surface area contributed by atoms with Gasteiger partial charge in [-0.15, -0.1) is 0 Å². The first kappa shape index (κ1) is 17.0. The first-order valence-electron chi connectivity index (χ1n) is 8.31. The van der Waals surface area contributed by atoms with E-state index in [1.807, 2.05) is 20.8 Å². The maximum Gasteiger partial charge on any atom is 0.410 e. The van der Waals surface area contributed by atoms with Gasteiger partial charge in [0.25, 0.3) is 0 Å². The Balaban J connectivity index is 1.56. The van der Waals surface area contributed by atoms with Crippen LogP contribution < -0.4 is 5.14 Å². The highest BCUT2D eigenvalue weighted by Crippen LogP contribution is 2.40. The van der Waals surface area contributed by atoms with Crippen molar-refractivity contribution in [3.8, 4) is 0 Å². The minimum absolute atomic E-state index is 0.263. The van der Waals surface area contributed by atoms with Crippen LogP contribution in [0.5, 0.6) is 0 Å². The van der Waals surface area contributed by atoms with E-state index in [1.165, 1.54) is 0 Å². The number of ether oxygens (including phenoxy) is 1. The Morgan fingerprint density at radius 1 is 1.09 bits per heavy atom. The van der Waals surface area contributed by atoms with Crippen LogP contribution in [-0.4, -0.2) is 66.4 Å². The number of primary sulfonamides is 1. The van der Waals surface area contributed by atoms with Crippen molar-refractivity contribution in [3.05, 3.63) is 0 Å². The zero-order chi connectivity index (χ0) is 17.0. The number of nitrogens with two attached hydrogens (primary N) is 1. The molecule has 3 aliphatic rings. The fraction of sp³-hybridized carbons (Fsp3) is 0.933. The van der Waals surface area contributed by atoms with Crippen LogP contribution in [0.2, 0.25) is 0 Å². The maximum absolute atomic E-state index is 12.0. The molecule has 0 saturated carbocycles. The molecule has 3 atom stereocenters. The summed E-state index contributed by atoms with van der Waals surface area (Å²) >= 11 is 0. The number of amides is 1. The second-order valence-corrected chi connectivity index (χ2v) is 9.90. The molecule has 3 aliphatic heterocycles. The Bertz CT molecular complexity index is 566. The molecule has 3 saturated heterocycles. The highest BCUT2D eigenvalue weighted by atomic mass is 32.2. The SMILES string of the molecule is CC(C)(C)OC(=O)N1CC(N2[C@@H]3CC[C@H]2CC(S(N)(=O)=O)C3)C1. The summed E-state index contributed by atoms with van der Waals surface area (Å²) in [6.07, 6.45) is 3.04. The highest BCUT2D eigenvalue weighted by Gasteiger charge is 2.50. The number of fused-ring (bicyclic) bond motifs is 2. The quantitative estimate of drug-likeness (QED) is 0.802. The predicted octanol–water partition coefficient (Wildman–Crippen LogP) is 0.890. The molecule has 8 heteroatoms. The van der Waals surface area contributed by atoms with Crippen molar-refractivity contribution in [2.24, 2.45) is 5.14 Å². The van der Waals surface area contributed by atoms with E-state index in [4.69, 9.17) is 9.88 Å². The lowest BCUT2D eigenvalue weighted by Gasteiger charge is -2.50. The molecule has 0 aromatic rings. The van der Waals surface area contributed by atoms with Crippen molar-refractivity contribution in [2.75, 3.05) is 13.1 Å². The Morgan fingerprint density at radius 3 is 2.04 bits per heavy atom. The van der Waals surface area contributed by atoms with Gasteiger partial charge in [0.1, 0.15) is 5.60 Å². The molecular weight excluding hydrogens is 318 g/mol. The van der Waals surface area contributed by atoms with E-state index in [2.05, 4.69) is 4.90 Å². The van der Waals surface area contributed by atoms with E-state index >= 15 is 0 Å². The van der Waals surface area contributed by atoms with Gasteiger partial charge in [0.05, 0.1) is 5.25 Å². The third-order valence-electron chi connectivity index (χ3n) is 5.15. The van der Waals surface area contributed by atoms with E-state index in [-0.39, 0.29) is 18.2 Å². The van der Waals surface area contributed by atoms with Crippen LogP contribution >= 0.6 is 0 Å². The summed E-state index contributed by atoms with van der Waals surface area (Å²) in [4.78, 5) is 16.2. The fourth-order valence-electron chi connectivity index (χ4n) is 4.15. The van der Waals surface area contributed by atoms with Gasteiger partial charge in [0, 0.05) is 31.2 Å². The molecule has 132 valence electrons. The van der Waals surface area contributed by atoms with Crippen molar-refractivity contribution < 1.29 is 17.9 Å². The van der Waals surface area contributed by atoms with Gasteiger partial charge in [0.2, 0.25) is 10.0 Å². The fourth-order valence-corrected chi connectivity index (χ4v) is 5.13. The number of carbonyl (C=O) groups excluding carboxylic acids is 1. The molecule has 0 radical (unpaired) electrons. The van der Waals surface area contributed by atoms with E-state index in [0.29, 0.717) is 32.0 Å². The molecule has 7 nitrogen and oxygen atoms in total. The maximum atomic E-state index is 12.0. The Morgan fingerprint density at radius 2 is 1.61 bits per heavy atom. The molecule has 1 amide bonds. The second-order valence-electron chi connectivity index (χ2n) is 8.05. The van der Waals surface area contributed by atoms with Gasteiger partial charge in [0.15, 0.2) is 0 Å². The number of hydrogen-bond acceptors (Lipinski definition) is 5. The monoisotopic (exact) mass is 345 g/mol. The van der Waals surface area contributed by atoms with Crippen LogP contribution in [0, 0.1) is 0 Å². The van der Waals surface area contributed by atoms with Gasteiger partial charge in [-0.05, 0) is 46.5 Å². The lowest BCUT2D eigenvalue weighted by atomic mass is 9.96. The first-order chi connectivity index (χ1) is 10.5. The number of sulfonamides is 1. The van der Waals surface area contributed by atoms with Crippen molar-refractivity contribution in [3.63, 3.8) is 0 Å². The zero-order valence-corrected chi connectivity index (χ0v) is 14.9. The van der Waals surface area contributed by atoms with Gasteiger partial charge in [-0.1, -0.05) is 0 Å². The van der Waals surface area contributed by atoms with Gasteiger partial charge in [-0.2, -0.15) is 0 Å². The zero-order valence-electron chi connectivity index (χ0n) is 14.1. The average molecular weight is 345 g/mol. The number of likely N-dealkylation sites (tertiary alicyclic amines) is 1. The van der Waals surface area contributed by atoms with E-state index in [0.717, 1.165) is 12.8 Å². The van der Waals surface area contributed by atoms with Crippen molar-refractivity contribution in [1.82, 2.24) is 9.80 Å². The third kappa shape index (κ3) is 3.49. The standard InChI is InChI=1S/C15H27N3O4S/c1-15(2,3)22-14(19)17-8-12(9-17)18-10-4-5-11(18)7-13(6-10)23(16,20)21/h10-13H,4-9H2,1-3H3,(H2,16,20,21)/t10-,11+,13?. The number of rotatable bonds is 2. The van der Waals surface area contributed by atoms with Crippen LogP contribution in [0.15, 0.2) is 0 Å². The molecule has 3 rings (SSSR count). The molecule has 23 heavy (non-hydrogen) atoms. The summed E-state index contributed by atoms with van der Waals surface area (Å²) in [5.41, 5.74) is -0.477. The van der Waals surface area contributed by atoms with Crippen molar-refractivity contribution in [1.29, 1.82) is 0 Å². The molecule has 0 aromatic heterocycles. The van der Waals surface area contributed by atoms with E-state index < -0.39 is 20.9 Å². The predicted molar refractivity (Wildman–Crippen MR) is 86.4 cm³/mol. The molecule has 1 unspecified atom stereocenters. The Hall–Kier alpha value is -0.860. The van der Waals surface area contributed by atoms with Crippen LogP contribution in [0.3, 0.4) is 0 Å². The van der Waals surface area contributed by atoms with Gasteiger partial charge in [-0.25, -0.2) is 18.4 Å². The normalized spacial score (nSPS) is 32.7. The van der Waals surface area contributed by atoms with Gasteiger partial charge < -0.3 is 9.64 Å². The topological polar surface area (TPSA) is 92.9 Å². The molecule has 0 aromatic carbocycles. The summed E-state index contributed by atoms with van der Waals surface area (Å²) in [5, 5.41) is 4.93. The Labute approximate surface area is 138 Å². The largest absolute Gasteiger partial charge is 0.444 e. The number of piperidine rings is 1. The summed E-state index contributed by atoms with van der Waals surface area (Å²) in [6, 6.07) is 0.882. The summed E-state index contributed by atoms with van der Waals surface area (Å²) < 4.78 is 28.6. The molecular formula is C15H27N3O4S. The molecule has 0 spiro atoms. The molecule has 2 N–H and O–H groups in total. The van der Waals surface area contributed by atoms with E-state index in [1.54, 1.807) is 4.90 Å². The smallest absolute Gasteiger partial charge is 0.410 e. The summed E-state index contributed by atoms with van der Waals surface area (Å²) in [5.74, 6) is 0. The van der Waals surface area contributed by atoms with Crippen LogP contribution in [0.25, 0.3) is 0 Å². The average Bonchev–Trinajstić information content (AvgIpc) is 2.56. The highest BCUT2D eigenvalue weighted by molar-refractivity contribution is 7.89. The van der Waals surface area contributed by atoms with E-state index in [9.17, 15) is 13.2 Å².